The van der Waals surface area contributed by atoms with Crippen molar-refractivity contribution in [2.24, 2.45) is 0 Å². The van der Waals surface area contributed by atoms with Crippen LogP contribution in [0.3, 0.4) is 0 Å². The lowest BCUT2D eigenvalue weighted by Gasteiger charge is -2.32. The second-order valence-electron chi connectivity index (χ2n) is 2.99. The second-order valence-corrected chi connectivity index (χ2v) is 2.99. The average Bonchev–Trinajstić information content (AvgIpc) is 1.85. The monoisotopic (exact) mass is 159 g/mol. The minimum absolute atomic E-state index is 0.0230. The fourth-order valence-electron chi connectivity index (χ4n) is 1.30. The predicted octanol–water partition coefficient (Wildman–Crippen LogP) is -0.210. The van der Waals surface area contributed by atoms with E-state index in [0.717, 1.165) is 6.54 Å². The van der Waals surface area contributed by atoms with Crippen LogP contribution in [0.15, 0.2) is 0 Å². The first-order valence-electron chi connectivity index (χ1n) is 3.66. The summed E-state index contributed by atoms with van der Waals surface area (Å²) in [6.45, 7) is 3.18. The maximum atomic E-state index is 10.5. The molecule has 0 aromatic rings. The summed E-state index contributed by atoms with van der Waals surface area (Å²) in [4.78, 5) is 12.5. The van der Waals surface area contributed by atoms with Gasteiger partial charge < -0.3 is 14.7 Å². The van der Waals surface area contributed by atoms with Crippen molar-refractivity contribution in [3.8, 4) is 0 Å². The van der Waals surface area contributed by atoms with Gasteiger partial charge in [-0.05, 0) is 14.0 Å². The van der Waals surface area contributed by atoms with E-state index in [0.29, 0.717) is 6.54 Å². The van der Waals surface area contributed by atoms with Crippen LogP contribution in [-0.4, -0.2) is 48.3 Å². The first kappa shape index (κ1) is 8.49. The Bertz CT molecular complexity index is 150. The van der Waals surface area contributed by atoms with Crippen LogP contribution in [0.5, 0.6) is 0 Å². The van der Waals surface area contributed by atoms with Crippen LogP contribution in [0.1, 0.15) is 6.92 Å². The summed E-state index contributed by atoms with van der Waals surface area (Å²) in [5.41, 5.74) is 0. The minimum atomic E-state index is -0.872. The zero-order chi connectivity index (χ0) is 8.43. The van der Waals surface area contributed by atoms with E-state index in [1.807, 2.05) is 18.9 Å². The molecule has 1 rings (SSSR count). The van der Waals surface area contributed by atoms with E-state index < -0.39 is 12.1 Å². The summed E-state index contributed by atoms with van der Waals surface area (Å²) in [6, 6.07) is 0. The molecular formula is C7H13NO3. The summed E-state index contributed by atoms with van der Waals surface area (Å²) < 4.78 is 5.18. The van der Waals surface area contributed by atoms with Gasteiger partial charge in [0.15, 0.2) is 6.10 Å². The van der Waals surface area contributed by atoms with Gasteiger partial charge in [0, 0.05) is 13.1 Å². The van der Waals surface area contributed by atoms with Crippen LogP contribution < -0.4 is 0 Å². The number of hydrogen-bond donors (Lipinski definition) is 1. The van der Waals surface area contributed by atoms with Gasteiger partial charge in [-0.3, -0.25) is 0 Å². The van der Waals surface area contributed by atoms with Crippen LogP contribution in [-0.2, 0) is 9.53 Å². The average molecular weight is 159 g/mol. The Labute approximate surface area is 65.8 Å². The van der Waals surface area contributed by atoms with Gasteiger partial charge in [-0.2, -0.15) is 0 Å². The molecule has 1 N–H and O–H groups in total. The third-order valence-electron chi connectivity index (χ3n) is 1.72. The van der Waals surface area contributed by atoms with Gasteiger partial charge in [0.2, 0.25) is 0 Å². The Morgan fingerprint density at radius 2 is 2.27 bits per heavy atom. The summed E-state index contributed by atoms with van der Waals surface area (Å²) in [5, 5.41) is 8.62. The quantitative estimate of drug-likeness (QED) is 0.575. The highest BCUT2D eigenvalue weighted by atomic mass is 16.5. The summed E-state index contributed by atoms with van der Waals surface area (Å²) in [6.07, 6.45) is -0.626. The lowest BCUT2D eigenvalue weighted by Crippen LogP contribution is -2.47. The number of morpholine rings is 1. The zero-order valence-electron chi connectivity index (χ0n) is 6.78. The molecule has 0 radical (unpaired) electrons. The second kappa shape index (κ2) is 3.19. The molecule has 1 fully saturated rings. The Kier molecular flexibility index (Phi) is 2.46. The van der Waals surface area contributed by atoms with Crippen molar-refractivity contribution in [1.29, 1.82) is 0 Å². The molecule has 11 heavy (non-hydrogen) atoms. The molecule has 0 aliphatic carbocycles. The first-order chi connectivity index (χ1) is 5.09. The largest absolute Gasteiger partial charge is 0.479 e. The standard InChI is InChI=1S/C7H13NO3/c1-5-3-8(2)4-6(11-5)7(9)10/h5-6H,3-4H2,1-2H3,(H,9,10)/t5-,6?/m1/s1. The van der Waals surface area contributed by atoms with Crippen LogP contribution >= 0.6 is 0 Å². The number of hydrogen-bond acceptors (Lipinski definition) is 3. The van der Waals surface area contributed by atoms with Crippen molar-refractivity contribution in [3.63, 3.8) is 0 Å². The van der Waals surface area contributed by atoms with Gasteiger partial charge >= 0.3 is 5.97 Å². The number of nitrogens with zero attached hydrogens (tertiary/aromatic N) is 1. The molecule has 0 spiro atoms. The number of likely N-dealkylation sites (N-methyl/N-ethyl adjacent to an activating group) is 1. The van der Waals surface area contributed by atoms with Crippen molar-refractivity contribution in [1.82, 2.24) is 4.90 Å². The van der Waals surface area contributed by atoms with E-state index >= 15 is 0 Å². The van der Waals surface area contributed by atoms with Gasteiger partial charge in [0.1, 0.15) is 0 Å². The molecule has 1 unspecified atom stereocenters. The smallest absolute Gasteiger partial charge is 0.334 e. The van der Waals surface area contributed by atoms with Crippen LogP contribution in [0.4, 0.5) is 0 Å². The molecule has 0 saturated carbocycles. The fraction of sp³-hybridized carbons (Fsp3) is 0.857. The third-order valence-corrected chi connectivity index (χ3v) is 1.72. The van der Waals surface area contributed by atoms with Crippen LogP contribution in [0.25, 0.3) is 0 Å². The van der Waals surface area contributed by atoms with E-state index in [1.165, 1.54) is 0 Å². The Morgan fingerprint density at radius 1 is 1.64 bits per heavy atom. The van der Waals surface area contributed by atoms with Crippen molar-refractivity contribution in [2.45, 2.75) is 19.1 Å². The fourth-order valence-corrected chi connectivity index (χ4v) is 1.30. The van der Waals surface area contributed by atoms with Crippen molar-refractivity contribution in [2.75, 3.05) is 20.1 Å². The molecular weight excluding hydrogens is 146 g/mol. The lowest BCUT2D eigenvalue weighted by atomic mass is 10.2. The minimum Gasteiger partial charge on any atom is -0.479 e. The molecule has 1 saturated heterocycles. The number of rotatable bonds is 1. The summed E-state index contributed by atoms with van der Waals surface area (Å²) in [7, 11) is 1.90. The van der Waals surface area contributed by atoms with Crippen molar-refractivity contribution >= 4 is 5.97 Å². The molecule has 1 aliphatic rings. The van der Waals surface area contributed by atoms with Gasteiger partial charge in [0.05, 0.1) is 6.10 Å². The Balaban J connectivity index is 2.49. The Morgan fingerprint density at radius 3 is 2.73 bits per heavy atom. The van der Waals surface area contributed by atoms with Crippen LogP contribution in [0, 0.1) is 0 Å². The van der Waals surface area contributed by atoms with E-state index in [9.17, 15) is 4.79 Å². The number of ether oxygens (including phenoxy) is 1. The summed E-state index contributed by atoms with van der Waals surface area (Å²) in [5.74, 6) is -0.872. The normalized spacial score (nSPS) is 33.6. The zero-order valence-corrected chi connectivity index (χ0v) is 6.78. The van der Waals surface area contributed by atoms with Crippen molar-refractivity contribution < 1.29 is 14.6 Å². The van der Waals surface area contributed by atoms with E-state index in [1.54, 1.807) is 0 Å². The maximum absolute atomic E-state index is 10.5. The third kappa shape index (κ3) is 2.17. The maximum Gasteiger partial charge on any atom is 0.334 e. The van der Waals surface area contributed by atoms with Gasteiger partial charge in [-0.15, -0.1) is 0 Å². The molecule has 1 aliphatic heterocycles. The van der Waals surface area contributed by atoms with Gasteiger partial charge in [0.25, 0.3) is 0 Å². The molecule has 4 nitrogen and oxygen atoms in total. The van der Waals surface area contributed by atoms with Crippen molar-refractivity contribution in [3.05, 3.63) is 0 Å². The molecule has 0 bridgehead atoms. The molecule has 2 atom stereocenters. The molecule has 4 heteroatoms. The van der Waals surface area contributed by atoms with E-state index in [2.05, 4.69) is 0 Å². The predicted molar refractivity (Wildman–Crippen MR) is 39.5 cm³/mol. The highest BCUT2D eigenvalue weighted by molar-refractivity contribution is 5.72. The van der Waals surface area contributed by atoms with E-state index in [4.69, 9.17) is 9.84 Å². The highest BCUT2D eigenvalue weighted by Crippen LogP contribution is 2.08. The van der Waals surface area contributed by atoms with Gasteiger partial charge in [-0.25, -0.2) is 4.79 Å². The topological polar surface area (TPSA) is 49.8 Å². The molecule has 0 amide bonds. The molecule has 0 aromatic carbocycles. The number of carbonyl (C=O) groups is 1. The molecule has 1 heterocycles. The van der Waals surface area contributed by atoms with Gasteiger partial charge in [-0.1, -0.05) is 0 Å². The number of carboxylic acid groups (broad SMARTS) is 1. The number of carboxylic acids is 1. The highest BCUT2D eigenvalue weighted by Gasteiger charge is 2.27. The first-order valence-corrected chi connectivity index (χ1v) is 3.66. The molecule has 64 valence electrons. The van der Waals surface area contributed by atoms with Crippen LogP contribution in [0.2, 0.25) is 0 Å². The molecule has 0 aromatic heterocycles. The lowest BCUT2D eigenvalue weighted by molar-refractivity contribution is -0.161. The Hall–Kier alpha value is -0.610. The summed E-state index contributed by atoms with van der Waals surface area (Å²) >= 11 is 0. The van der Waals surface area contributed by atoms with E-state index in [-0.39, 0.29) is 6.10 Å². The SMILES string of the molecule is C[C@@H]1CN(C)CC(C(=O)O)O1. The number of aliphatic carboxylic acids is 1.